The number of hydrogen-bond acceptors (Lipinski definition) is 2. The van der Waals surface area contributed by atoms with Gasteiger partial charge in [0.15, 0.2) is 0 Å². The first-order valence-electron chi connectivity index (χ1n) is 8.20. The third-order valence-corrected chi connectivity index (χ3v) is 4.59. The molecule has 1 aliphatic rings. The van der Waals surface area contributed by atoms with Crippen molar-refractivity contribution in [1.82, 2.24) is 0 Å². The molecule has 1 unspecified atom stereocenters. The normalized spacial score (nSPS) is 16.3. The number of carbonyl (C=O) groups excluding carboxylic acids is 1. The monoisotopic (exact) mass is 314 g/mol. The van der Waals surface area contributed by atoms with Gasteiger partial charge in [0.05, 0.1) is 5.92 Å². The van der Waals surface area contributed by atoms with Crippen molar-refractivity contribution in [2.45, 2.75) is 18.9 Å². The molecule has 0 spiro atoms. The minimum atomic E-state index is -0.211. The van der Waals surface area contributed by atoms with E-state index in [1.807, 2.05) is 42.5 Å². The zero-order valence-electron chi connectivity index (χ0n) is 13.3. The van der Waals surface area contributed by atoms with Crippen LogP contribution in [0.4, 0.5) is 0 Å². The summed E-state index contributed by atoms with van der Waals surface area (Å²) in [6, 6.07) is 26.8. The van der Waals surface area contributed by atoms with Crippen LogP contribution in [0.2, 0.25) is 0 Å². The van der Waals surface area contributed by atoms with Crippen molar-refractivity contribution < 1.29 is 9.53 Å². The average molecular weight is 314 g/mol. The van der Waals surface area contributed by atoms with E-state index in [0.29, 0.717) is 13.0 Å². The highest BCUT2D eigenvalue weighted by Gasteiger charge is 2.29. The van der Waals surface area contributed by atoms with Crippen LogP contribution < -0.4 is 0 Å². The molecule has 0 saturated carbocycles. The Bertz CT molecular complexity index is 851. The number of carbonyl (C=O) groups is 1. The highest BCUT2D eigenvalue weighted by molar-refractivity contribution is 5.80. The summed E-state index contributed by atoms with van der Waals surface area (Å²) in [6.07, 6.45) is 0.672. The number of ether oxygens (including phenoxy) is 1. The third kappa shape index (κ3) is 2.83. The lowest BCUT2D eigenvalue weighted by molar-refractivity contribution is -0.148. The molecule has 1 heterocycles. The maximum Gasteiger partial charge on any atom is 0.314 e. The molecule has 0 aromatic heterocycles. The number of fused-ring (bicyclic) bond motifs is 1. The Morgan fingerprint density at radius 1 is 0.792 bits per heavy atom. The fourth-order valence-corrected chi connectivity index (χ4v) is 3.27. The molecule has 0 N–H and O–H groups in total. The number of rotatable bonds is 3. The van der Waals surface area contributed by atoms with E-state index < -0.39 is 0 Å². The van der Waals surface area contributed by atoms with Crippen LogP contribution in [0, 0.1) is 0 Å². The van der Waals surface area contributed by atoms with Crippen LogP contribution in [0.15, 0.2) is 78.9 Å². The van der Waals surface area contributed by atoms with Crippen molar-refractivity contribution in [1.29, 1.82) is 0 Å². The van der Waals surface area contributed by atoms with Gasteiger partial charge in [0.2, 0.25) is 0 Å². The second-order valence-electron chi connectivity index (χ2n) is 6.13. The van der Waals surface area contributed by atoms with E-state index in [4.69, 9.17) is 4.74 Å². The molecule has 118 valence electrons. The fourth-order valence-electron chi connectivity index (χ4n) is 3.27. The molecule has 0 bridgehead atoms. The molecule has 3 aromatic rings. The van der Waals surface area contributed by atoms with Gasteiger partial charge in [-0.2, -0.15) is 0 Å². The summed E-state index contributed by atoms with van der Waals surface area (Å²) in [7, 11) is 0. The first-order chi connectivity index (χ1) is 11.8. The third-order valence-electron chi connectivity index (χ3n) is 4.59. The fraction of sp³-hybridized carbons (Fsp3) is 0.136. The molecule has 2 heteroatoms. The summed E-state index contributed by atoms with van der Waals surface area (Å²) in [4.78, 5) is 12.2. The van der Waals surface area contributed by atoms with Crippen LogP contribution in [-0.4, -0.2) is 5.97 Å². The zero-order chi connectivity index (χ0) is 16.4. The van der Waals surface area contributed by atoms with Crippen molar-refractivity contribution in [3.8, 4) is 11.1 Å². The van der Waals surface area contributed by atoms with Crippen LogP contribution >= 0.6 is 0 Å². The van der Waals surface area contributed by atoms with Crippen LogP contribution in [-0.2, 0) is 22.6 Å². The molecule has 0 radical (unpaired) electrons. The van der Waals surface area contributed by atoms with E-state index in [-0.39, 0.29) is 11.9 Å². The summed E-state index contributed by atoms with van der Waals surface area (Å²) in [5.41, 5.74) is 5.75. The minimum absolute atomic E-state index is 0.124. The van der Waals surface area contributed by atoms with Crippen molar-refractivity contribution in [3.63, 3.8) is 0 Å². The molecule has 0 aliphatic carbocycles. The average Bonchev–Trinajstić information content (AvgIpc) is 2.65. The van der Waals surface area contributed by atoms with Crippen molar-refractivity contribution >= 4 is 5.97 Å². The molecule has 3 aromatic carbocycles. The predicted octanol–water partition coefficient (Wildman–Crippen LogP) is 4.74. The molecule has 1 aliphatic heterocycles. The van der Waals surface area contributed by atoms with Gasteiger partial charge in [-0.15, -0.1) is 0 Å². The van der Waals surface area contributed by atoms with E-state index in [1.54, 1.807) is 0 Å². The molecule has 0 fully saturated rings. The van der Waals surface area contributed by atoms with Crippen molar-refractivity contribution in [3.05, 3.63) is 95.6 Å². The second-order valence-corrected chi connectivity index (χ2v) is 6.13. The van der Waals surface area contributed by atoms with Gasteiger partial charge in [0.1, 0.15) is 6.61 Å². The molecule has 4 rings (SSSR count). The maximum atomic E-state index is 12.2. The largest absolute Gasteiger partial charge is 0.460 e. The Balaban J connectivity index is 1.59. The summed E-state index contributed by atoms with van der Waals surface area (Å²) >= 11 is 0. The lowest BCUT2D eigenvalue weighted by atomic mass is 9.87. The minimum Gasteiger partial charge on any atom is -0.460 e. The second kappa shape index (κ2) is 6.32. The van der Waals surface area contributed by atoms with Gasteiger partial charge >= 0.3 is 5.97 Å². The van der Waals surface area contributed by atoms with Crippen molar-refractivity contribution in [2.24, 2.45) is 0 Å². The highest BCUT2D eigenvalue weighted by Crippen LogP contribution is 2.31. The quantitative estimate of drug-likeness (QED) is 0.653. The molecule has 0 saturated heterocycles. The van der Waals surface area contributed by atoms with Crippen molar-refractivity contribution in [2.75, 3.05) is 0 Å². The first-order valence-corrected chi connectivity index (χ1v) is 8.20. The summed E-state index contributed by atoms with van der Waals surface area (Å²) < 4.78 is 5.34. The zero-order valence-corrected chi connectivity index (χ0v) is 13.3. The Labute approximate surface area is 141 Å². The van der Waals surface area contributed by atoms with Gasteiger partial charge in [-0.1, -0.05) is 78.9 Å². The van der Waals surface area contributed by atoms with Gasteiger partial charge < -0.3 is 4.74 Å². The molecule has 0 amide bonds. The highest BCUT2D eigenvalue weighted by atomic mass is 16.5. The van der Waals surface area contributed by atoms with E-state index in [0.717, 1.165) is 16.7 Å². The first kappa shape index (κ1) is 14.7. The maximum absolute atomic E-state index is 12.2. The van der Waals surface area contributed by atoms with Crippen LogP contribution in [0.5, 0.6) is 0 Å². The van der Waals surface area contributed by atoms with Crippen LogP contribution in [0.25, 0.3) is 11.1 Å². The van der Waals surface area contributed by atoms with Crippen LogP contribution in [0.3, 0.4) is 0 Å². The van der Waals surface area contributed by atoms with Gasteiger partial charge in [-0.25, -0.2) is 0 Å². The Hall–Kier alpha value is -2.87. The lowest BCUT2D eigenvalue weighted by Gasteiger charge is -2.24. The van der Waals surface area contributed by atoms with E-state index in [1.165, 1.54) is 11.1 Å². The predicted molar refractivity (Wildman–Crippen MR) is 94.6 cm³/mol. The van der Waals surface area contributed by atoms with Gasteiger partial charge in [-0.05, 0) is 34.2 Å². The standard InChI is InChI=1S/C22H18O2/c23-22-21(20-9-5-4-8-19(20)15-24-22)14-16-10-12-18(13-11-16)17-6-2-1-3-7-17/h1-13,21H,14-15H2. The number of hydrogen-bond donors (Lipinski definition) is 0. The summed E-state index contributed by atoms with van der Waals surface area (Å²) in [6.45, 7) is 0.387. The van der Waals surface area contributed by atoms with Gasteiger partial charge in [0, 0.05) is 0 Å². The number of benzene rings is 3. The topological polar surface area (TPSA) is 26.3 Å². The molecular weight excluding hydrogens is 296 g/mol. The Morgan fingerprint density at radius 3 is 2.25 bits per heavy atom. The molecule has 2 nitrogen and oxygen atoms in total. The number of esters is 1. The Morgan fingerprint density at radius 2 is 1.46 bits per heavy atom. The lowest BCUT2D eigenvalue weighted by Crippen LogP contribution is -2.24. The SMILES string of the molecule is O=C1OCc2ccccc2C1Cc1ccc(-c2ccccc2)cc1. The van der Waals surface area contributed by atoms with E-state index >= 15 is 0 Å². The summed E-state index contributed by atoms with van der Waals surface area (Å²) in [5.74, 6) is -0.335. The smallest absolute Gasteiger partial charge is 0.314 e. The van der Waals surface area contributed by atoms with Gasteiger partial charge in [0.25, 0.3) is 0 Å². The summed E-state index contributed by atoms with van der Waals surface area (Å²) in [5, 5.41) is 0. The van der Waals surface area contributed by atoms with E-state index in [9.17, 15) is 4.79 Å². The molecular formula is C22H18O2. The molecule has 24 heavy (non-hydrogen) atoms. The van der Waals surface area contributed by atoms with Gasteiger partial charge in [-0.3, -0.25) is 4.79 Å². The number of cyclic esters (lactones) is 1. The molecule has 1 atom stereocenters. The van der Waals surface area contributed by atoms with E-state index in [2.05, 4.69) is 36.4 Å². The Kier molecular flexibility index (Phi) is 3.87. The van der Waals surface area contributed by atoms with Crippen LogP contribution in [0.1, 0.15) is 22.6 Å².